The number of ether oxygens (including phenoxy) is 1. The molecule has 2 rings (SSSR count). The van der Waals surface area contributed by atoms with Crippen LogP contribution < -0.4 is 5.73 Å². The summed E-state index contributed by atoms with van der Waals surface area (Å²) in [7, 11) is 0. The summed E-state index contributed by atoms with van der Waals surface area (Å²) in [5, 5.41) is 0. The topological polar surface area (TPSA) is 35.2 Å². The molecule has 0 bridgehead atoms. The van der Waals surface area contributed by atoms with E-state index in [1.54, 1.807) is 0 Å². The molecule has 0 aromatic heterocycles. The van der Waals surface area contributed by atoms with Crippen LogP contribution in [0.4, 0.5) is 5.69 Å². The van der Waals surface area contributed by atoms with Crippen LogP contribution in [-0.4, -0.2) is 0 Å². The minimum Gasteiger partial charge on any atom is -0.399 e. The number of anilines is 1. The van der Waals surface area contributed by atoms with Gasteiger partial charge in [-0.3, -0.25) is 0 Å². The lowest BCUT2D eigenvalue weighted by Gasteiger charge is -2.20. The third-order valence-electron chi connectivity index (χ3n) is 3.08. The van der Waals surface area contributed by atoms with Gasteiger partial charge in [-0.25, -0.2) is 0 Å². The van der Waals surface area contributed by atoms with Crippen LogP contribution in [0.5, 0.6) is 0 Å². The highest BCUT2D eigenvalue weighted by atomic mass is 16.5. The third kappa shape index (κ3) is 3.11. The zero-order valence-electron chi connectivity index (χ0n) is 10.8. The van der Waals surface area contributed by atoms with Crippen molar-refractivity contribution in [3.05, 3.63) is 65.7 Å². The van der Waals surface area contributed by atoms with Gasteiger partial charge in [0.15, 0.2) is 0 Å². The second kappa shape index (κ2) is 5.69. The van der Waals surface area contributed by atoms with Gasteiger partial charge in [-0.1, -0.05) is 42.5 Å². The predicted molar refractivity (Wildman–Crippen MR) is 75.2 cm³/mol. The van der Waals surface area contributed by atoms with Crippen molar-refractivity contribution in [3.63, 3.8) is 0 Å². The second-order valence-electron chi connectivity index (χ2n) is 4.50. The van der Waals surface area contributed by atoms with Crippen molar-refractivity contribution < 1.29 is 4.74 Å². The standard InChI is InChI=1S/C16H19NO/c1-12(14-6-4-3-5-7-14)18-13(2)15-8-10-16(17)11-9-15/h3-13H,17H2,1-2H3. The zero-order chi connectivity index (χ0) is 13.0. The molecule has 0 aliphatic heterocycles. The van der Waals surface area contributed by atoms with Crippen molar-refractivity contribution in [1.29, 1.82) is 0 Å². The minimum atomic E-state index is 0.0563. The maximum Gasteiger partial charge on any atom is 0.0805 e. The normalized spacial score (nSPS) is 14.1. The number of hydrogen-bond donors (Lipinski definition) is 1. The van der Waals surface area contributed by atoms with Crippen molar-refractivity contribution in [1.82, 2.24) is 0 Å². The molecule has 94 valence electrons. The highest BCUT2D eigenvalue weighted by Gasteiger charge is 2.11. The molecule has 2 unspecified atom stereocenters. The monoisotopic (exact) mass is 241 g/mol. The molecule has 0 amide bonds. The van der Waals surface area contributed by atoms with Gasteiger partial charge in [0.05, 0.1) is 12.2 Å². The Hall–Kier alpha value is -1.80. The molecule has 0 fully saturated rings. The summed E-state index contributed by atoms with van der Waals surface area (Å²) in [4.78, 5) is 0. The number of hydrogen-bond acceptors (Lipinski definition) is 2. The van der Waals surface area contributed by atoms with E-state index in [1.807, 2.05) is 42.5 Å². The van der Waals surface area contributed by atoms with E-state index < -0.39 is 0 Å². The maximum absolute atomic E-state index is 6.02. The first kappa shape index (κ1) is 12.7. The Morgan fingerprint density at radius 1 is 0.778 bits per heavy atom. The lowest BCUT2D eigenvalue weighted by atomic mass is 10.1. The van der Waals surface area contributed by atoms with E-state index >= 15 is 0 Å². The second-order valence-corrected chi connectivity index (χ2v) is 4.50. The van der Waals surface area contributed by atoms with Crippen LogP contribution in [0.1, 0.15) is 37.2 Å². The van der Waals surface area contributed by atoms with E-state index in [-0.39, 0.29) is 12.2 Å². The summed E-state index contributed by atoms with van der Waals surface area (Å²) in [6.07, 6.45) is 0.138. The summed E-state index contributed by atoms with van der Waals surface area (Å²) >= 11 is 0. The van der Waals surface area contributed by atoms with E-state index in [2.05, 4.69) is 26.0 Å². The molecule has 2 aromatic rings. The summed E-state index contributed by atoms with van der Waals surface area (Å²) in [5.41, 5.74) is 8.80. The number of nitrogens with two attached hydrogens (primary N) is 1. The van der Waals surface area contributed by atoms with Crippen molar-refractivity contribution in [2.45, 2.75) is 26.1 Å². The SMILES string of the molecule is CC(OC(C)c1ccc(N)cc1)c1ccccc1. The summed E-state index contributed by atoms with van der Waals surface area (Å²) in [6.45, 7) is 4.13. The fourth-order valence-electron chi connectivity index (χ4n) is 1.95. The van der Waals surface area contributed by atoms with Crippen LogP contribution in [-0.2, 0) is 4.74 Å². The summed E-state index contributed by atoms with van der Waals surface area (Å²) in [5.74, 6) is 0. The van der Waals surface area contributed by atoms with Gasteiger partial charge in [0.25, 0.3) is 0 Å². The molecule has 0 saturated heterocycles. The van der Waals surface area contributed by atoms with Crippen LogP contribution in [0, 0.1) is 0 Å². The largest absolute Gasteiger partial charge is 0.399 e. The van der Waals surface area contributed by atoms with Crippen molar-refractivity contribution in [2.75, 3.05) is 5.73 Å². The molecule has 2 nitrogen and oxygen atoms in total. The van der Waals surface area contributed by atoms with E-state index in [4.69, 9.17) is 10.5 Å². The first-order valence-corrected chi connectivity index (χ1v) is 6.22. The van der Waals surface area contributed by atoms with Gasteiger partial charge < -0.3 is 10.5 Å². The molecule has 2 atom stereocenters. The van der Waals surface area contributed by atoms with Crippen LogP contribution in [0.15, 0.2) is 54.6 Å². The van der Waals surface area contributed by atoms with Gasteiger partial charge in [-0.15, -0.1) is 0 Å². The smallest absolute Gasteiger partial charge is 0.0805 e. The molecule has 2 heteroatoms. The molecule has 0 radical (unpaired) electrons. The maximum atomic E-state index is 6.02. The molecule has 0 aliphatic rings. The molecular formula is C16H19NO. The van der Waals surface area contributed by atoms with Gasteiger partial charge in [-0.05, 0) is 37.1 Å². The number of benzene rings is 2. The lowest BCUT2D eigenvalue weighted by molar-refractivity contribution is 0.00587. The van der Waals surface area contributed by atoms with Gasteiger partial charge in [0.1, 0.15) is 0 Å². The molecular weight excluding hydrogens is 222 g/mol. The average Bonchev–Trinajstić information content (AvgIpc) is 2.40. The Labute approximate surface area is 108 Å². The van der Waals surface area contributed by atoms with E-state index in [9.17, 15) is 0 Å². The molecule has 2 N–H and O–H groups in total. The summed E-state index contributed by atoms with van der Waals surface area (Å²) in [6, 6.07) is 18.1. The Balaban J connectivity index is 2.03. The zero-order valence-corrected chi connectivity index (χ0v) is 10.8. The Morgan fingerprint density at radius 2 is 1.28 bits per heavy atom. The Bertz CT molecular complexity index is 478. The number of nitrogen functional groups attached to an aromatic ring is 1. The molecule has 0 heterocycles. The molecule has 18 heavy (non-hydrogen) atoms. The third-order valence-corrected chi connectivity index (χ3v) is 3.08. The highest BCUT2D eigenvalue weighted by molar-refractivity contribution is 5.39. The van der Waals surface area contributed by atoms with Crippen molar-refractivity contribution in [2.24, 2.45) is 0 Å². The van der Waals surface area contributed by atoms with Crippen molar-refractivity contribution in [3.8, 4) is 0 Å². The van der Waals surface area contributed by atoms with Crippen LogP contribution in [0.3, 0.4) is 0 Å². The van der Waals surface area contributed by atoms with Crippen LogP contribution >= 0.6 is 0 Å². The molecule has 0 aliphatic carbocycles. The van der Waals surface area contributed by atoms with Crippen LogP contribution in [0.2, 0.25) is 0 Å². The average molecular weight is 241 g/mol. The van der Waals surface area contributed by atoms with E-state index in [0.717, 1.165) is 11.3 Å². The molecule has 0 spiro atoms. The fraction of sp³-hybridized carbons (Fsp3) is 0.250. The fourth-order valence-corrected chi connectivity index (χ4v) is 1.95. The van der Waals surface area contributed by atoms with E-state index in [0.29, 0.717) is 0 Å². The first-order chi connectivity index (χ1) is 8.66. The van der Waals surface area contributed by atoms with Gasteiger partial charge >= 0.3 is 0 Å². The molecule has 0 saturated carbocycles. The Morgan fingerprint density at radius 3 is 1.83 bits per heavy atom. The van der Waals surface area contributed by atoms with Crippen LogP contribution in [0.25, 0.3) is 0 Å². The van der Waals surface area contributed by atoms with Gasteiger partial charge in [0.2, 0.25) is 0 Å². The van der Waals surface area contributed by atoms with E-state index in [1.165, 1.54) is 5.56 Å². The first-order valence-electron chi connectivity index (χ1n) is 6.22. The van der Waals surface area contributed by atoms with Crippen molar-refractivity contribution >= 4 is 5.69 Å². The van der Waals surface area contributed by atoms with Gasteiger partial charge in [-0.2, -0.15) is 0 Å². The molecule has 2 aromatic carbocycles. The number of rotatable bonds is 4. The lowest BCUT2D eigenvalue weighted by Crippen LogP contribution is -2.05. The quantitative estimate of drug-likeness (QED) is 0.818. The van der Waals surface area contributed by atoms with Gasteiger partial charge in [0, 0.05) is 5.69 Å². The predicted octanol–water partition coefficient (Wildman–Crippen LogP) is 4.11. The Kier molecular flexibility index (Phi) is 4.00. The minimum absolute atomic E-state index is 0.0563. The highest BCUT2D eigenvalue weighted by Crippen LogP contribution is 2.26. The summed E-state index contributed by atoms with van der Waals surface area (Å²) < 4.78 is 6.02.